The minimum absolute atomic E-state index is 0.000778. The average molecular weight is 275 g/mol. The number of ether oxygens (including phenoxy) is 1. The van der Waals surface area contributed by atoms with Crippen LogP contribution in [-0.4, -0.2) is 25.9 Å². The van der Waals surface area contributed by atoms with Gasteiger partial charge in [-0.1, -0.05) is 6.07 Å². The van der Waals surface area contributed by atoms with Crippen LogP contribution in [0, 0.1) is 0 Å². The monoisotopic (exact) mass is 275 g/mol. The summed E-state index contributed by atoms with van der Waals surface area (Å²) in [4.78, 5) is 10.2. The molecular weight excluding hydrogens is 259 g/mol. The molecule has 1 aromatic heterocycles. The molecule has 0 radical (unpaired) electrons. The second kappa shape index (κ2) is 8.63. The van der Waals surface area contributed by atoms with Crippen molar-refractivity contribution in [2.45, 2.75) is 6.54 Å². The Labute approximate surface area is 105 Å². The zero-order valence-corrected chi connectivity index (χ0v) is 10.8. The molecule has 1 aromatic rings. The maximum Gasteiger partial charge on any atom is 0.404 e. The number of pyridine rings is 1. The van der Waals surface area contributed by atoms with E-state index in [9.17, 15) is 9.36 Å². The Bertz CT molecular complexity index is 387. The van der Waals surface area contributed by atoms with Gasteiger partial charge in [0.1, 0.15) is 13.2 Å². The van der Waals surface area contributed by atoms with Gasteiger partial charge in [-0.2, -0.15) is 0 Å². The van der Waals surface area contributed by atoms with Crippen molar-refractivity contribution in [3.05, 3.63) is 30.6 Å². The zero-order valence-electron chi connectivity index (χ0n) is 9.78. The van der Waals surface area contributed by atoms with Gasteiger partial charge in [0.25, 0.3) is 0 Å². The molecule has 0 aliphatic heterocycles. The molecule has 0 spiro atoms. The highest BCUT2D eigenvalue weighted by Crippen LogP contribution is 2.22. The summed E-state index contributed by atoms with van der Waals surface area (Å²) in [6, 6.07) is 5.68. The molecule has 8 heteroatoms. The molecule has 2 N–H and O–H groups in total. The molecule has 0 aliphatic rings. The van der Waals surface area contributed by atoms with E-state index in [0.29, 0.717) is 6.54 Å². The predicted octanol–water partition coefficient (Wildman–Crippen LogP) is 0.492. The van der Waals surface area contributed by atoms with Crippen LogP contribution in [0.2, 0.25) is 0 Å². The molecule has 0 bridgehead atoms. The van der Waals surface area contributed by atoms with E-state index in [-0.39, 0.29) is 19.8 Å². The topological polar surface area (TPSA) is 91.7 Å². The minimum atomic E-state index is -2.55. The lowest BCUT2D eigenvalue weighted by Gasteiger charge is -2.04. The molecular formula is C10H16N2O5P+. The van der Waals surface area contributed by atoms with Gasteiger partial charge in [-0.05, 0) is 0 Å². The van der Waals surface area contributed by atoms with Crippen LogP contribution in [0.5, 0.6) is 0 Å². The van der Waals surface area contributed by atoms with Crippen LogP contribution < -0.4 is 10.3 Å². The van der Waals surface area contributed by atoms with Gasteiger partial charge in [0.15, 0.2) is 18.9 Å². The van der Waals surface area contributed by atoms with Crippen molar-refractivity contribution in [3.63, 3.8) is 0 Å². The van der Waals surface area contributed by atoms with E-state index >= 15 is 0 Å². The highest BCUT2D eigenvalue weighted by atomic mass is 31.1. The maximum absolute atomic E-state index is 11.2. The molecule has 0 saturated heterocycles. The first-order chi connectivity index (χ1) is 8.68. The van der Waals surface area contributed by atoms with Gasteiger partial charge in [0.2, 0.25) is 0 Å². The summed E-state index contributed by atoms with van der Waals surface area (Å²) in [7, 11) is -2.55. The number of aromatic nitrogens is 1. The van der Waals surface area contributed by atoms with Crippen LogP contribution in [0.3, 0.4) is 0 Å². The molecule has 0 aromatic carbocycles. The Morgan fingerprint density at radius 1 is 1.11 bits per heavy atom. The van der Waals surface area contributed by atoms with Crippen molar-refractivity contribution in [1.82, 2.24) is 0 Å². The van der Waals surface area contributed by atoms with E-state index < -0.39 is 14.3 Å². The Morgan fingerprint density at radius 3 is 2.44 bits per heavy atom. The molecule has 1 amide bonds. The van der Waals surface area contributed by atoms with Crippen LogP contribution in [0.15, 0.2) is 30.6 Å². The Kier molecular flexibility index (Phi) is 7.01. The molecule has 0 fully saturated rings. The highest BCUT2D eigenvalue weighted by molar-refractivity contribution is 7.33. The van der Waals surface area contributed by atoms with Gasteiger partial charge in [-0.15, -0.1) is 0 Å². The molecule has 1 heterocycles. The van der Waals surface area contributed by atoms with Crippen molar-refractivity contribution < 1.29 is 27.7 Å². The van der Waals surface area contributed by atoms with Crippen molar-refractivity contribution in [2.24, 2.45) is 5.73 Å². The summed E-state index contributed by atoms with van der Waals surface area (Å²) in [5.74, 6) is 0. The second-order valence-electron chi connectivity index (χ2n) is 3.23. The van der Waals surface area contributed by atoms with E-state index in [0.717, 1.165) is 0 Å². The summed E-state index contributed by atoms with van der Waals surface area (Å²) in [6.07, 6.45) is 2.87. The fraction of sp³-hybridized carbons (Fsp3) is 0.400. The van der Waals surface area contributed by atoms with Gasteiger partial charge >= 0.3 is 14.3 Å². The lowest BCUT2D eigenvalue weighted by atomic mass is 10.5. The maximum atomic E-state index is 11.2. The number of primary amides is 1. The standard InChI is InChI=1S/C10H15N2O5P/c11-10(13)15-8-9-17-18(14)16-7-6-12-4-2-1-3-5-12/h1-5,18H,6-9H2,(H-,11,13)/p+1. The Morgan fingerprint density at radius 2 is 1.78 bits per heavy atom. The van der Waals surface area contributed by atoms with Gasteiger partial charge in [-0.25, -0.2) is 9.36 Å². The third-order valence-electron chi connectivity index (χ3n) is 1.89. The number of carbonyl (C=O) groups is 1. The summed E-state index contributed by atoms with van der Waals surface area (Å²) < 4.78 is 27.3. The molecule has 1 rings (SSSR count). The molecule has 7 nitrogen and oxygen atoms in total. The van der Waals surface area contributed by atoms with Crippen LogP contribution >= 0.6 is 8.25 Å². The van der Waals surface area contributed by atoms with Crippen LogP contribution in [0.1, 0.15) is 0 Å². The first-order valence-corrected chi connectivity index (χ1v) is 6.57. The van der Waals surface area contributed by atoms with E-state index in [1.54, 1.807) is 0 Å². The normalized spacial score (nSPS) is 12.0. The minimum Gasteiger partial charge on any atom is -0.447 e. The van der Waals surface area contributed by atoms with Crippen molar-refractivity contribution in [1.29, 1.82) is 0 Å². The number of hydrogen-bond donors (Lipinski definition) is 1. The van der Waals surface area contributed by atoms with Gasteiger partial charge in [0, 0.05) is 12.1 Å². The Balaban J connectivity index is 2.05. The largest absolute Gasteiger partial charge is 0.447 e. The number of amides is 1. The van der Waals surface area contributed by atoms with Crippen LogP contribution in [0.25, 0.3) is 0 Å². The number of nitrogens with zero attached hydrogens (tertiary/aromatic N) is 1. The number of rotatable bonds is 8. The Hall–Kier alpha value is -1.43. The lowest BCUT2D eigenvalue weighted by molar-refractivity contribution is -0.697. The van der Waals surface area contributed by atoms with Crippen molar-refractivity contribution >= 4 is 14.3 Å². The van der Waals surface area contributed by atoms with E-state index in [2.05, 4.69) is 4.74 Å². The summed E-state index contributed by atoms with van der Waals surface area (Å²) >= 11 is 0. The van der Waals surface area contributed by atoms with Crippen LogP contribution in [-0.2, 0) is 24.9 Å². The van der Waals surface area contributed by atoms with Crippen molar-refractivity contribution in [2.75, 3.05) is 19.8 Å². The number of nitrogens with two attached hydrogens (primary N) is 1. The zero-order chi connectivity index (χ0) is 13.2. The first kappa shape index (κ1) is 14.6. The van der Waals surface area contributed by atoms with Gasteiger partial charge in [-0.3, -0.25) is 4.57 Å². The van der Waals surface area contributed by atoms with Gasteiger partial charge < -0.3 is 19.5 Å². The fourth-order valence-corrected chi connectivity index (χ4v) is 1.72. The quantitative estimate of drug-likeness (QED) is 0.423. The number of hydrogen-bond acceptors (Lipinski definition) is 5. The molecule has 0 saturated carbocycles. The molecule has 100 valence electrons. The smallest absolute Gasteiger partial charge is 0.404 e. The molecule has 1 unspecified atom stereocenters. The average Bonchev–Trinajstić information content (AvgIpc) is 2.36. The molecule has 1 atom stereocenters. The van der Waals surface area contributed by atoms with Crippen molar-refractivity contribution in [3.8, 4) is 0 Å². The second-order valence-corrected chi connectivity index (χ2v) is 4.31. The van der Waals surface area contributed by atoms with E-state index in [1.807, 2.05) is 35.2 Å². The summed E-state index contributed by atoms with van der Waals surface area (Å²) in [5, 5.41) is 0. The molecule has 0 aliphatic carbocycles. The SMILES string of the molecule is NC(=O)OCCO[PH](=O)OCC[n+]1ccccc1. The van der Waals surface area contributed by atoms with Crippen LogP contribution in [0.4, 0.5) is 4.79 Å². The first-order valence-electron chi connectivity index (χ1n) is 5.34. The summed E-state index contributed by atoms with van der Waals surface area (Å²) in [6.45, 7) is 0.823. The molecule has 18 heavy (non-hydrogen) atoms. The predicted molar refractivity (Wildman–Crippen MR) is 63.1 cm³/mol. The van der Waals surface area contributed by atoms with Gasteiger partial charge in [0.05, 0.1) is 6.61 Å². The third-order valence-corrected chi connectivity index (χ3v) is 2.77. The highest BCUT2D eigenvalue weighted by Gasteiger charge is 2.03. The third kappa shape index (κ3) is 7.01. The lowest BCUT2D eigenvalue weighted by Crippen LogP contribution is -2.34. The number of carbonyl (C=O) groups excluding carboxylic acids is 1. The van der Waals surface area contributed by atoms with E-state index in [1.165, 1.54) is 0 Å². The summed E-state index contributed by atoms with van der Waals surface area (Å²) in [5.41, 5.74) is 4.73. The van der Waals surface area contributed by atoms with E-state index in [4.69, 9.17) is 14.8 Å². The fourth-order valence-electron chi connectivity index (χ4n) is 1.13.